The number of nitrogens with zero attached hydrogens (tertiary/aromatic N) is 1. The van der Waals surface area contributed by atoms with Crippen molar-refractivity contribution in [3.63, 3.8) is 0 Å². The van der Waals surface area contributed by atoms with E-state index in [9.17, 15) is 0 Å². The Labute approximate surface area is 130 Å². The highest BCUT2D eigenvalue weighted by Crippen LogP contribution is 2.17. The van der Waals surface area contributed by atoms with Crippen molar-refractivity contribution in [1.82, 2.24) is 10.2 Å². The first-order valence-corrected chi connectivity index (χ1v) is 8.52. The molecule has 1 aromatic carbocycles. The van der Waals surface area contributed by atoms with E-state index in [1.807, 2.05) is 0 Å². The molecule has 1 heterocycles. The average molecular weight is 289 g/mol. The van der Waals surface area contributed by atoms with Gasteiger partial charge in [-0.3, -0.25) is 4.90 Å². The van der Waals surface area contributed by atoms with E-state index in [0.29, 0.717) is 12.1 Å². The predicted molar refractivity (Wildman–Crippen MR) is 91.8 cm³/mol. The van der Waals surface area contributed by atoms with Gasteiger partial charge in [-0.1, -0.05) is 26.0 Å². The molecule has 2 N–H and O–H groups in total. The van der Waals surface area contributed by atoms with Crippen LogP contribution in [0.2, 0.25) is 0 Å². The van der Waals surface area contributed by atoms with Gasteiger partial charge in [-0.05, 0) is 63.5 Å². The largest absolute Gasteiger partial charge is 0.383 e. The summed E-state index contributed by atoms with van der Waals surface area (Å²) < 4.78 is 0. The van der Waals surface area contributed by atoms with E-state index in [4.69, 9.17) is 0 Å². The topological polar surface area (TPSA) is 27.3 Å². The van der Waals surface area contributed by atoms with Crippen LogP contribution < -0.4 is 10.6 Å². The van der Waals surface area contributed by atoms with Gasteiger partial charge in [0.15, 0.2) is 0 Å². The van der Waals surface area contributed by atoms with Crippen molar-refractivity contribution in [2.24, 2.45) is 0 Å². The monoisotopic (exact) mass is 289 g/mol. The van der Waals surface area contributed by atoms with Crippen LogP contribution in [0.5, 0.6) is 0 Å². The summed E-state index contributed by atoms with van der Waals surface area (Å²) in [7, 11) is 0. The van der Waals surface area contributed by atoms with Crippen molar-refractivity contribution in [2.45, 2.75) is 58.7 Å². The van der Waals surface area contributed by atoms with Crippen LogP contribution in [0.15, 0.2) is 24.3 Å². The van der Waals surface area contributed by atoms with E-state index < -0.39 is 0 Å². The summed E-state index contributed by atoms with van der Waals surface area (Å²) >= 11 is 0. The third-order valence-electron chi connectivity index (χ3n) is 4.44. The molecule has 1 saturated heterocycles. The Balaban J connectivity index is 1.87. The quantitative estimate of drug-likeness (QED) is 0.767. The highest BCUT2D eigenvalue weighted by Gasteiger charge is 2.16. The van der Waals surface area contributed by atoms with Crippen LogP contribution in [0.3, 0.4) is 0 Å². The Morgan fingerprint density at radius 1 is 1.33 bits per heavy atom. The van der Waals surface area contributed by atoms with Crippen LogP contribution in [0, 0.1) is 0 Å². The maximum atomic E-state index is 3.66. The van der Waals surface area contributed by atoms with Crippen LogP contribution in [0.1, 0.15) is 45.6 Å². The van der Waals surface area contributed by atoms with Crippen molar-refractivity contribution in [3.05, 3.63) is 29.8 Å². The Kier molecular flexibility index (Phi) is 6.52. The first-order valence-electron chi connectivity index (χ1n) is 8.52. The summed E-state index contributed by atoms with van der Waals surface area (Å²) in [6.45, 7) is 11.2. The lowest BCUT2D eigenvalue weighted by Gasteiger charge is -2.21. The highest BCUT2D eigenvalue weighted by molar-refractivity contribution is 5.46. The van der Waals surface area contributed by atoms with Crippen molar-refractivity contribution in [3.8, 4) is 0 Å². The van der Waals surface area contributed by atoms with E-state index in [0.717, 1.165) is 19.6 Å². The molecule has 1 fully saturated rings. The van der Waals surface area contributed by atoms with Crippen molar-refractivity contribution in [2.75, 3.05) is 25.0 Å². The lowest BCUT2D eigenvalue weighted by molar-refractivity contribution is 0.296. The zero-order valence-electron chi connectivity index (χ0n) is 13.9. The summed E-state index contributed by atoms with van der Waals surface area (Å²) in [5.74, 6) is 0. The fourth-order valence-corrected chi connectivity index (χ4v) is 3.19. The van der Waals surface area contributed by atoms with Crippen LogP contribution in [0.25, 0.3) is 0 Å². The number of anilines is 1. The molecule has 0 aliphatic carbocycles. The Morgan fingerprint density at radius 2 is 2.14 bits per heavy atom. The minimum absolute atomic E-state index is 0.518. The number of hydrogen-bond acceptors (Lipinski definition) is 3. The van der Waals surface area contributed by atoms with Gasteiger partial charge in [-0.15, -0.1) is 0 Å². The molecular weight excluding hydrogens is 258 g/mol. The first-order chi connectivity index (χ1) is 10.2. The molecule has 3 nitrogen and oxygen atoms in total. The molecule has 118 valence electrons. The smallest absolute Gasteiger partial charge is 0.0345 e. The van der Waals surface area contributed by atoms with E-state index in [-0.39, 0.29) is 0 Å². The van der Waals surface area contributed by atoms with E-state index in [1.165, 1.54) is 37.1 Å². The molecule has 1 aromatic rings. The molecular formula is C18H31N3. The van der Waals surface area contributed by atoms with Crippen LogP contribution in [-0.2, 0) is 6.54 Å². The molecule has 1 aliphatic rings. The van der Waals surface area contributed by atoms with Gasteiger partial charge in [0.2, 0.25) is 0 Å². The summed E-state index contributed by atoms with van der Waals surface area (Å²) in [5, 5.41) is 7.24. The van der Waals surface area contributed by atoms with Gasteiger partial charge in [0.05, 0.1) is 0 Å². The number of nitrogens with one attached hydrogen (secondary N) is 2. The maximum absolute atomic E-state index is 3.66. The second kappa shape index (κ2) is 8.40. The van der Waals surface area contributed by atoms with Crippen LogP contribution in [0.4, 0.5) is 5.69 Å². The molecule has 0 bridgehead atoms. The Morgan fingerprint density at radius 3 is 2.81 bits per heavy atom. The fourth-order valence-electron chi connectivity index (χ4n) is 3.19. The molecule has 0 spiro atoms. The van der Waals surface area contributed by atoms with Gasteiger partial charge in [-0.25, -0.2) is 0 Å². The third-order valence-corrected chi connectivity index (χ3v) is 4.44. The lowest BCUT2D eigenvalue weighted by atomic mass is 10.1. The van der Waals surface area contributed by atoms with Gasteiger partial charge >= 0.3 is 0 Å². The second-order valence-electron chi connectivity index (χ2n) is 6.24. The standard InChI is InChI=1S/C18H31N3/c1-4-21(5-2)14-16-8-6-9-18(13-16)20-15(3)12-17-10-7-11-19-17/h6,8-9,13,15,17,19-20H,4-5,7,10-12,14H2,1-3H3. The van der Waals surface area contributed by atoms with E-state index >= 15 is 0 Å². The van der Waals surface area contributed by atoms with E-state index in [1.54, 1.807) is 0 Å². The third kappa shape index (κ3) is 5.33. The van der Waals surface area contributed by atoms with Crippen LogP contribution in [-0.4, -0.2) is 36.6 Å². The SMILES string of the molecule is CCN(CC)Cc1cccc(NC(C)CC2CCCN2)c1. The summed E-state index contributed by atoms with van der Waals surface area (Å²) in [5.41, 5.74) is 2.65. The molecule has 3 heteroatoms. The number of rotatable bonds is 8. The number of benzene rings is 1. The molecule has 2 unspecified atom stereocenters. The molecule has 0 amide bonds. The zero-order valence-corrected chi connectivity index (χ0v) is 13.9. The van der Waals surface area contributed by atoms with Crippen molar-refractivity contribution < 1.29 is 0 Å². The van der Waals surface area contributed by atoms with Gasteiger partial charge in [-0.2, -0.15) is 0 Å². The molecule has 0 saturated carbocycles. The zero-order chi connectivity index (χ0) is 15.1. The van der Waals surface area contributed by atoms with Crippen molar-refractivity contribution >= 4 is 5.69 Å². The molecule has 2 rings (SSSR count). The van der Waals surface area contributed by atoms with Crippen LogP contribution >= 0.6 is 0 Å². The second-order valence-corrected chi connectivity index (χ2v) is 6.24. The normalized spacial score (nSPS) is 19.9. The molecule has 0 aromatic heterocycles. The van der Waals surface area contributed by atoms with Gasteiger partial charge in [0.1, 0.15) is 0 Å². The minimum atomic E-state index is 0.518. The van der Waals surface area contributed by atoms with Gasteiger partial charge in [0.25, 0.3) is 0 Å². The maximum Gasteiger partial charge on any atom is 0.0345 e. The van der Waals surface area contributed by atoms with E-state index in [2.05, 4.69) is 60.6 Å². The predicted octanol–water partition coefficient (Wildman–Crippen LogP) is 3.47. The molecule has 21 heavy (non-hydrogen) atoms. The Hall–Kier alpha value is -1.06. The lowest BCUT2D eigenvalue weighted by Crippen LogP contribution is -2.29. The first kappa shape index (κ1) is 16.3. The highest BCUT2D eigenvalue weighted by atomic mass is 15.1. The minimum Gasteiger partial charge on any atom is -0.383 e. The summed E-state index contributed by atoms with van der Waals surface area (Å²) in [6.07, 6.45) is 3.87. The summed E-state index contributed by atoms with van der Waals surface area (Å²) in [4.78, 5) is 2.45. The molecule has 1 aliphatic heterocycles. The Bertz CT molecular complexity index is 409. The van der Waals surface area contributed by atoms with Gasteiger partial charge < -0.3 is 10.6 Å². The molecule has 0 radical (unpaired) electrons. The fraction of sp³-hybridized carbons (Fsp3) is 0.667. The van der Waals surface area contributed by atoms with Gasteiger partial charge in [0, 0.05) is 24.3 Å². The number of hydrogen-bond donors (Lipinski definition) is 2. The summed E-state index contributed by atoms with van der Waals surface area (Å²) in [6, 6.07) is 10.1. The average Bonchev–Trinajstić information content (AvgIpc) is 2.97. The molecule has 2 atom stereocenters. The van der Waals surface area contributed by atoms with Crippen molar-refractivity contribution in [1.29, 1.82) is 0 Å².